The quantitative estimate of drug-likeness (QED) is 0.501. The van der Waals surface area contributed by atoms with Crippen LogP contribution in [0.4, 0.5) is 11.4 Å². The van der Waals surface area contributed by atoms with Crippen LogP contribution >= 0.6 is 0 Å². The molecule has 2 saturated heterocycles. The zero-order valence-electron chi connectivity index (χ0n) is 18.5. The van der Waals surface area contributed by atoms with E-state index in [1.54, 1.807) is 17.0 Å². The van der Waals surface area contributed by atoms with Crippen molar-refractivity contribution in [3.63, 3.8) is 0 Å². The van der Waals surface area contributed by atoms with E-state index in [2.05, 4.69) is 12.2 Å². The van der Waals surface area contributed by atoms with Crippen molar-refractivity contribution >= 4 is 27.3 Å². The van der Waals surface area contributed by atoms with Gasteiger partial charge in [-0.2, -0.15) is 4.31 Å². The molecule has 1 aromatic heterocycles. The number of piperidine rings is 2. The van der Waals surface area contributed by atoms with Gasteiger partial charge in [0, 0.05) is 38.3 Å². The summed E-state index contributed by atoms with van der Waals surface area (Å²) < 4.78 is 32.6. The molecule has 10 nitrogen and oxygen atoms in total. The molecule has 0 radical (unpaired) electrons. The minimum Gasteiger partial charge on any atom is -0.459 e. The van der Waals surface area contributed by atoms with Gasteiger partial charge in [0.25, 0.3) is 11.6 Å². The number of nitro benzene ring substituents is 1. The second-order valence-corrected chi connectivity index (χ2v) is 10.6. The monoisotopic (exact) mass is 476 g/mol. The van der Waals surface area contributed by atoms with Crippen LogP contribution in [0, 0.1) is 16.0 Å². The third-order valence-electron chi connectivity index (χ3n) is 6.42. The van der Waals surface area contributed by atoms with Gasteiger partial charge < -0.3 is 14.6 Å². The van der Waals surface area contributed by atoms with Gasteiger partial charge in [0.1, 0.15) is 5.69 Å². The van der Waals surface area contributed by atoms with Crippen molar-refractivity contribution in [1.29, 1.82) is 0 Å². The molecule has 4 rings (SSSR count). The number of hydrogen-bond acceptors (Lipinski definition) is 7. The van der Waals surface area contributed by atoms with Gasteiger partial charge in [0.05, 0.1) is 16.1 Å². The lowest BCUT2D eigenvalue weighted by molar-refractivity contribution is -0.384. The number of amides is 1. The molecule has 0 aliphatic carbocycles. The SMILES string of the molecule is CC1CCN(S(=O)(=O)c2ccc(NC3CCN(C(=O)c4ccco4)CC3)c([N+](=O)[O-])c2)CC1. The van der Waals surface area contributed by atoms with E-state index in [1.165, 1.54) is 22.7 Å². The summed E-state index contributed by atoms with van der Waals surface area (Å²) in [6.45, 7) is 3.92. The standard InChI is InChI=1S/C22H28N4O6S/c1-16-6-12-25(13-7-16)33(30,31)18-4-5-19(20(15-18)26(28)29)23-17-8-10-24(11-9-17)22(27)21-3-2-14-32-21/h2-5,14-17,23H,6-13H2,1H3. The van der Waals surface area contributed by atoms with E-state index < -0.39 is 14.9 Å². The minimum absolute atomic E-state index is 0.0619. The predicted molar refractivity (Wildman–Crippen MR) is 122 cm³/mol. The summed E-state index contributed by atoms with van der Waals surface area (Å²) in [6.07, 6.45) is 4.23. The fourth-order valence-corrected chi connectivity index (χ4v) is 5.81. The number of carbonyl (C=O) groups excluding carboxylic acids is 1. The number of nitrogens with zero attached hydrogens (tertiary/aromatic N) is 3. The molecule has 0 bridgehead atoms. The Hall–Kier alpha value is -2.92. The number of rotatable bonds is 6. The summed E-state index contributed by atoms with van der Waals surface area (Å²) in [4.78, 5) is 25.2. The molecule has 33 heavy (non-hydrogen) atoms. The molecule has 0 saturated carbocycles. The van der Waals surface area contributed by atoms with Gasteiger partial charge in [-0.15, -0.1) is 0 Å². The van der Waals surface area contributed by atoms with Crippen LogP contribution in [0.2, 0.25) is 0 Å². The highest BCUT2D eigenvalue weighted by Crippen LogP contribution is 2.32. The maximum Gasteiger partial charge on any atom is 0.293 e. The zero-order chi connectivity index (χ0) is 23.6. The highest BCUT2D eigenvalue weighted by Gasteiger charge is 2.31. The molecule has 1 aromatic carbocycles. The summed E-state index contributed by atoms with van der Waals surface area (Å²) in [6, 6.07) is 7.25. The van der Waals surface area contributed by atoms with Gasteiger partial charge in [-0.05, 0) is 55.9 Å². The lowest BCUT2D eigenvalue weighted by Crippen LogP contribution is -2.42. The number of hydrogen-bond donors (Lipinski definition) is 1. The molecule has 2 aromatic rings. The van der Waals surface area contributed by atoms with Crippen LogP contribution in [-0.2, 0) is 10.0 Å². The number of nitrogens with one attached hydrogen (secondary N) is 1. The molecular weight excluding hydrogens is 448 g/mol. The Labute approximate surface area is 192 Å². The van der Waals surface area contributed by atoms with Gasteiger partial charge in [0.2, 0.25) is 10.0 Å². The molecule has 3 heterocycles. The first-order chi connectivity index (χ1) is 15.8. The maximum absolute atomic E-state index is 13.0. The van der Waals surface area contributed by atoms with Crippen LogP contribution in [-0.4, -0.2) is 60.7 Å². The molecule has 0 atom stereocenters. The van der Waals surface area contributed by atoms with E-state index >= 15 is 0 Å². The molecule has 2 aliphatic heterocycles. The number of anilines is 1. The average Bonchev–Trinajstić information content (AvgIpc) is 3.34. The van der Waals surface area contributed by atoms with Crippen molar-refractivity contribution < 1.29 is 22.6 Å². The summed E-state index contributed by atoms with van der Waals surface area (Å²) in [5.74, 6) is 0.584. The topological polar surface area (TPSA) is 126 Å². The van der Waals surface area contributed by atoms with Crippen molar-refractivity contribution in [1.82, 2.24) is 9.21 Å². The Balaban J connectivity index is 1.44. The van der Waals surface area contributed by atoms with Crippen molar-refractivity contribution in [2.24, 2.45) is 5.92 Å². The fraction of sp³-hybridized carbons (Fsp3) is 0.500. The normalized spacial score (nSPS) is 18.9. The summed E-state index contributed by atoms with van der Waals surface area (Å²) in [7, 11) is -3.78. The number of likely N-dealkylation sites (tertiary alicyclic amines) is 1. The van der Waals surface area contributed by atoms with Crippen LogP contribution in [0.3, 0.4) is 0 Å². The van der Waals surface area contributed by atoms with Gasteiger partial charge >= 0.3 is 0 Å². The van der Waals surface area contributed by atoms with Crippen LogP contribution in [0.1, 0.15) is 43.2 Å². The Morgan fingerprint density at radius 3 is 2.42 bits per heavy atom. The van der Waals surface area contributed by atoms with E-state index in [0.717, 1.165) is 18.9 Å². The average molecular weight is 477 g/mol. The third kappa shape index (κ3) is 5.03. The van der Waals surface area contributed by atoms with Crippen LogP contribution in [0.5, 0.6) is 0 Å². The maximum atomic E-state index is 13.0. The molecule has 0 unspecified atom stereocenters. The lowest BCUT2D eigenvalue weighted by Gasteiger charge is -2.32. The van der Waals surface area contributed by atoms with E-state index in [1.807, 2.05) is 0 Å². The van der Waals surface area contributed by atoms with Gasteiger partial charge in [-0.1, -0.05) is 6.92 Å². The third-order valence-corrected chi connectivity index (χ3v) is 8.31. The predicted octanol–water partition coefficient (Wildman–Crippen LogP) is 3.33. The van der Waals surface area contributed by atoms with Crippen molar-refractivity contribution in [2.75, 3.05) is 31.5 Å². The number of sulfonamides is 1. The first-order valence-electron chi connectivity index (χ1n) is 11.1. The highest BCUT2D eigenvalue weighted by molar-refractivity contribution is 7.89. The molecule has 178 valence electrons. The van der Waals surface area contributed by atoms with Crippen molar-refractivity contribution in [2.45, 2.75) is 43.5 Å². The summed E-state index contributed by atoms with van der Waals surface area (Å²) in [5.41, 5.74) is 0.0116. The molecule has 2 aliphatic rings. The largest absolute Gasteiger partial charge is 0.459 e. The summed E-state index contributed by atoms with van der Waals surface area (Å²) >= 11 is 0. The second kappa shape index (κ2) is 9.52. The van der Waals surface area contributed by atoms with Gasteiger partial charge in [-0.3, -0.25) is 14.9 Å². The van der Waals surface area contributed by atoms with Crippen molar-refractivity contribution in [3.05, 3.63) is 52.5 Å². The van der Waals surface area contributed by atoms with Crippen LogP contribution in [0.25, 0.3) is 0 Å². The van der Waals surface area contributed by atoms with E-state index in [0.29, 0.717) is 44.9 Å². The molecule has 2 fully saturated rings. The molecule has 1 N–H and O–H groups in total. The summed E-state index contributed by atoms with van der Waals surface area (Å²) in [5, 5.41) is 14.9. The number of furan rings is 1. The first kappa shape index (κ1) is 23.2. The number of nitro groups is 1. The fourth-order valence-electron chi connectivity index (χ4n) is 4.32. The van der Waals surface area contributed by atoms with E-state index in [9.17, 15) is 23.3 Å². The van der Waals surface area contributed by atoms with Crippen LogP contribution < -0.4 is 5.32 Å². The van der Waals surface area contributed by atoms with Gasteiger partial charge in [-0.25, -0.2) is 8.42 Å². The number of benzene rings is 1. The second-order valence-electron chi connectivity index (χ2n) is 8.71. The molecular formula is C22H28N4O6S. The Kier molecular flexibility index (Phi) is 6.71. The highest BCUT2D eigenvalue weighted by atomic mass is 32.2. The Bertz CT molecular complexity index is 1100. The smallest absolute Gasteiger partial charge is 0.293 e. The zero-order valence-corrected chi connectivity index (χ0v) is 19.3. The van der Waals surface area contributed by atoms with Crippen LogP contribution in [0.15, 0.2) is 45.9 Å². The Morgan fingerprint density at radius 2 is 1.82 bits per heavy atom. The molecule has 0 spiro atoms. The van der Waals surface area contributed by atoms with E-state index in [-0.39, 0.29) is 34.0 Å². The molecule has 1 amide bonds. The minimum atomic E-state index is -3.78. The van der Waals surface area contributed by atoms with Gasteiger partial charge in [0.15, 0.2) is 5.76 Å². The Morgan fingerprint density at radius 1 is 1.12 bits per heavy atom. The molecule has 11 heteroatoms. The lowest BCUT2D eigenvalue weighted by atomic mass is 10.0. The number of carbonyl (C=O) groups is 1. The van der Waals surface area contributed by atoms with Crippen molar-refractivity contribution in [3.8, 4) is 0 Å². The first-order valence-corrected chi connectivity index (χ1v) is 12.6. The van der Waals surface area contributed by atoms with E-state index in [4.69, 9.17) is 4.42 Å².